The number of rotatable bonds is 7. The molecule has 1 fully saturated rings. The fourth-order valence-corrected chi connectivity index (χ4v) is 4.74. The van der Waals surface area contributed by atoms with Gasteiger partial charge < -0.3 is 25.2 Å². The smallest absolute Gasteiger partial charge is 0.303 e. The van der Waals surface area contributed by atoms with Crippen LogP contribution < -0.4 is 15.0 Å². The number of hydrogen-bond donors (Lipinski definition) is 3. The number of benzene rings is 1. The van der Waals surface area contributed by atoms with Gasteiger partial charge in [-0.25, -0.2) is 4.98 Å². The van der Waals surface area contributed by atoms with Gasteiger partial charge in [0.15, 0.2) is 0 Å². The minimum absolute atomic E-state index is 0.296. The van der Waals surface area contributed by atoms with Gasteiger partial charge in [-0.15, -0.1) is 0 Å². The molecule has 2 aliphatic rings. The Morgan fingerprint density at radius 2 is 1.74 bits per heavy atom. The van der Waals surface area contributed by atoms with E-state index in [1.165, 1.54) is 30.4 Å². The van der Waals surface area contributed by atoms with Gasteiger partial charge in [0.2, 0.25) is 0 Å². The molecule has 3 N–H and O–H groups in total. The first-order chi connectivity index (χ1) is 16.8. The normalized spacial score (nSPS) is 15.7. The van der Waals surface area contributed by atoms with Crippen molar-refractivity contribution < 1.29 is 24.5 Å². The summed E-state index contributed by atoms with van der Waals surface area (Å²) in [4.78, 5) is 26.0. The van der Waals surface area contributed by atoms with Crippen LogP contribution in [0.3, 0.4) is 0 Å². The molecule has 1 saturated carbocycles. The number of ether oxygens (including phenoxy) is 1. The summed E-state index contributed by atoms with van der Waals surface area (Å²) in [5, 5.41) is 20.1. The molecule has 2 heterocycles. The minimum Gasteiger partial charge on any atom is -0.489 e. The maximum atomic E-state index is 9.64. The zero-order valence-electron chi connectivity index (χ0n) is 20.1. The first kappa shape index (κ1) is 26.8. The highest BCUT2D eigenvalue weighted by atomic mass is 35.5. The molecule has 4 rings (SSSR count). The van der Waals surface area contributed by atoms with Crippen molar-refractivity contribution in [3.8, 4) is 5.75 Å². The van der Waals surface area contributed by atoms with Crippen LogP contribution in [0.4, 0.5) is 11.5 Å². The molecule has 2 aromatic rings. The Morgan fingerprint density at radius 3 is 2.37 bits per heavy atom. The highest BCUT2D eigenvalue weighted by molar-refractivity contribution is 6.33. The van der Waals surface area contributed by atoms with Crippen LogP contribution in [0.1, 0.15) is 56.1 Å². The maximum Gasteiger partial charge on any atom is 0.303 e. The molecule has 1 aliphatic carbocycles. The summed E-state index contributed by atoms with van der Waals surface area (Å²) in [5.74, 6) is -0.403. The van der Waals surface area contributed by atoms with Gasteiger partial charge in [0.05, 0.1) is 35.9 Å². The molecule has 190 valence electrons. The van der Waals surface area contributed by atoms with E-state index in [4.69, 9.17) is 26.6 Å². The van der Waals surface area contributed by atoms with E-state index in [9.17, 15) is 9.59 Å². The number of halogens is 1. The van der Waals surface area contributed by atoms with Gasteiger partial charge in [0.1, 0.15) is 11.6 Å². The summed E-state index contributed by atoms with van der Waals surface area (Å²) < 4.78 is 6.11. The SMILES string of the molecule is CN(c1ccc(OC2CCCCC2)cn1)c1c(Cl)ccc2c1CCNCC2.O=C(O)CCC(=O)O. The second-order valence-corrected chi connectivity index (χ2v) is 9.27. The van der Waals surface area contributed by atoms with E-state index < -0.39 is 11.9 Å². The Balaban J connectivity index is 0.000000371. The molecule has 9 heteroatoms. The largest absolute Gasteiger partial charge is 0.489 e. The second kappa shape index (κ2) is 13.3. The van der Waals surface area contributed by atoms with E-state index in [1.807, 2.05) is 31.4 Å². The molecule has 1 aliphatic heterocycles. The Hall–Kier alpha value is -2.84. The number of nitrogens with one attached hydrogen (secondary N) is 1. The van der Waals surface area contributed by atoms with E-state index in [-0.39, 0.29) is 12.8 Å². The summed E-state index contributed by atoms with van der Waals surface area (Å²) in [7, 11) is 2.05. The molecule has 0 unspecified atom stereocenters. The molecule has 0 atom stereocenters. The van der Waals surface area contributed by atoms with E-state index >= 15 is 0 Å². The van der Waals surface area contributed by atoms with Crippen LogP contribution in [-0.2, 0) is 22.4 Å². The van der Waals surface area contributed by atoms with Crippen molar-refractivity contribution in [1.82, 2.24) is 10.3 Å². The third kappa shape index (κ3) is 8.11. The first-order valence-electron chi connectivity index (χ1n) is 12.2. The van der Waals surface area contributed by atoms with E-state index in [0.717, 1.165) is 61.1 Å². The van der Waals surface area contributed by atoms with Crippen molar-refractivity contribution in [3.05, 3.63) is 46.6 Å². The number of pyridine rings is 1. The van der Waals surface area contributed by atoms with Gasteiger partial charge in [-0.1, -0.05) is 24.1 Å². The highest BCUT2D eigenvalue weighted by Gasteiger charge is 2.20. The number of anilines is 2. The van der Waals surface area contributed by atoms with Crippen LogP contribution in [0.2, 0.25) is 5.02 Å². The maximum absolute atomic E-state index is 9.64. The Labute approximate surface area is 211 Å². The van der Waals surface area contributed by atoms with Crippen molar-refractivity contribution in [2.24, 2.45) is 0 Å². The van der Waals surface area contributed by atoms with Gasteiger partial charge in [-0.3, -0.25) is 9.59 Å². The third-order valence-corrected chi connectivity index (χ3v) is 6.57. The lowest BCUT2D eigenvalue weighted by atomic mass is 9.98. The van der Waals surface area contributed by atoms with Crippen LogP contribution in [-0.4, -0.2) is 53.4 Å². The molecule has 0 amide bonds. The van der Waals surface area contributed by atoms with E-state index in [1.54, 1.807) is 0 Å². The Bertz CT molecular complexity index is 979. The molecule has 0 radical (unpaired) electrons. The van der Waals surface area contributed by atoms with Crippen molar-refractivity contribution >= 4 is 35.0 Å². The number of hydrogen-bond acceptors (Lipinski definition) is 6. The first-order valence-corrected chi connectivity index (χ1v) is 12.5. The van der Waals surface area contributed by atoms with Crippen LogP contribution >= 0.6 is 11.6 Å². The van der Waals surface area contributed by atoms with E-state index in [0.29, 0.717) is 6.10 Å². The number of fused-ring (bicyclic) bond motifs is 1. The number of carbonyl (C=O) groups is 2. The molecule has 8 nitrogen and oxygen atoms in total. The predicted octanol–water partition coefficient (Wildman–Crippen LogP) is 4.84. The molecule has 0 saturated heterocycles. The lowest BCUT2D eigenvalue weighted by Crippen LogP contribution is -2.20. The topological polar surface area (TPSA) is 112 Å². The molecule has 1 aromatic carbocycles. The van der Waals surface area contributed by atoms with Crippen LogP contribution in [0.15, 0.2) is 30.5 Å². The Kier molecular flexibility index (Phi) is 10.2. The average Bonchev–Trinajstić information content (AvgIpc) is 3.09. The quantitative estimate of drug-likeness (QED) is 0.492. The number of carboxylic acids is 2. The van der Waals surface area contributed by atoms with Gasteiger partial charge in [-0.2, -0.15) is 0 Å². The number of aromatic nitrogens is 1. The summed E-state index contributed by atoms with van der Waals surface area (Å²) in [5.41, 5.74) is 3.79. The number of aliphatic carboxylic acids is 2. The molecule has 35 heavy (non-hydrogen) atoms. The Morgan fingerprint density at radius 1 is 1.06 bits per heavy atom. The molecular formula is C26H34ClN3O5. The monoisotopic (exact) mass is 503 g/mol. The van der Waals surface area contributed by atoms with Gasteiger partial charge >= 0.3 is 11.9 Å². The number of nitrogens with zero attached hydrogens (tertiary/aromatic N) is 2. The lowest BCUT2D eigenvalue weighted by Gasteiger charge is -2.25. The second-order valence-electron chi connectivity index (χ2n) is 8.86. The lowest BCUT2D eigenvalue weighted by molar-refractivity contribution is -0.143. The molecule has 0 bridgehead atoms. The zero-order valence-corrected chi connectivity index (χ0v) is 20.9. The zero-order chi connectivity index (χ0) is 25.2. The highest BCUT2D eigenvalue weighted by Crippen LogP contribution is 2.36. The molecule has 0 spiro atoms. The van der Waals surface area contributed by atoms with Crippen LogP contribution in [0.25, 0.3) is 0 Å². The summed E-state index contributed by atoms with van der Waals surface area (Å²) >= 11 is 6.60. The predicted molar refractivity (Wildman–Crippen MR) is 136 cm³/mol. The standard InChI is InChI=1S/C22H28ClN3O.C4H6O4/c1-26(22-19-12-14-24-13-11-16(19)7-9-20(22)23)21-10-8-18(15-25-21)27-17-5-3-2-4-6-17;5-3(6)1-2-4(7)8/h7-10,15,17,24H,2-6,11-14H2,1H3;1-2H2,(H,5,6)(H,7,8). The summed E-state index contributed by atoms with van der Waals surface area (Å²) in [6.45, 7) is 2.00. The van der Waals surface area contributed by atoms with Crippen LogP contribution in [0.5, 0.6) is 5.75 Å². The molecular weight excluding hydrogens is 470 g/mol. The van der Waals surface area contributed by atoms with Crippen molar-refractivity contribution in [3.63, 3.8) is 0 Å². The summed E-state index contributed by atoms with van der Waals surface area (Å²) in [6.07, 6.45) is 9.80. The number of carboxylic acid groups (broad SMARTS) is 2. The molecule has 1 aromatic heterocycles. The summed E-state index contributed by atoms with van der Waals surface area (Å²) in [6, 6.07) is 8.24. The van der Waals surface area contributed by atoms with Crippen molar-refractivity contribution in [2.75, 3.05) is 25.0 Å². The van der Waals surface area contributed by atoms with Crippen LogP contribution in [0, 0.1) is 0 Å². The van der Waals surface area contributed by atoms with Crippen molar-refractivity contribution in [2.45, 2.75) is 63.9 Å². The van der Waals surface area contributed by atoms with Crippen molar-refractivity contribution in [1.29, 1.82) is 0 Å². The minimum atomic E-state index is -1.08. The third-order valence-electron chi connectivity index (χ3n) is 6.26. The van der Waals surface area contributed by atoms with E-state index in [2.05, 4.69) is 21.3 Å². The average molecular weight is 504 g/mol. The van der Waals surface area contributed by atoms with Gasteiger partial charge in [0.25, 0.3) is 0 Å². The van der Waals surface area contributed by atoms with Gasteiger partial charge in [0, 0.05) is 7.05 Å². The van der Waals surface area contributed by atoms with Gasteiger partial charge in [-0.05, 0) is 80.9 Å². The fraction of sp³-hybridized carbons (Fsp3) is 0.500. The fourth-order valence-electron chi connectivity index (χ4n) is 4.43.